The van der Waals surface area contributed by atoms with E-state index in [1.807, 2.05) is 11.6 Å². The van der Waals surface area contributed by atoms with Gasteiger partial charge in [-0.15, -0.1) is 0 Å². The van der Waals surface area contributed by atoms with Gasteiger partial charge in [-0.05, 0) is 26.0 Å². The molecule has 4 rings (SSSR count). The molecule has 1 aliphatic rings. The van der Waals surface area contributed by atoms with Crippen LogP contribution in [0.5, 0.6) is 0 Å². The topological polar surface area (TPSA) is 153 Å². The number of carbonyl (C=O) groups excluding carboxylic acids is 1. The first-order chi connectivity index (χ1) is 17.1. The second kappa shape index (κ2) is 9.85. The van der Waals surface area contributed by atoms with Crippen LogP contribution in [0.15, 0.2) is 47.0 Å². The summed E-state index contributed by atoms with van der Waals surface area (Å²) in [6.45, 7) is 3.16. The molecular weight excluding hydrogens is 484 g/mol. The van der Waals surface area contributed by atoms with Crippen molar-refractivity contribution in [1.82, 2.24) is 24.5 Å². The smallest absolute Gasteiger partial charge is 0.360 e. The molecule has 2 N–H and O–H groups in total. The van der Waals surface area contributed by atoms with Gasteiger partial charge < -0.3 is 19.9 Å². The highest BCUT2D eigenvalue weighted by Crippen LogP contribution is 2.32. The maximum absolute atomic E-state index is 12.7. The van der Waals surface area contributed by atoms with Gasteiger partial charge >= 0.3 is 5.97 Å². The van der Waals surface area contributed by atoms with Crippen molar-refractivity contribution in [3.8, 4) is 11.3 Å². The number of aromatic nitrogens is 5. The first kappa shape index (κ1) is 25.0. The molecule has 0 fully saturated rings. The molecule has 0 spiro atoms. The van der Waals surface area contributed by atoms with Crippen LogP contribution in [0.1, 0.15) is 30.8 Å². The van der Waals surface area contributed by atoms with E-state index < -0.39 is 21.2 Å². The lowest BCUT2D eigenvalue weighted by Crippen LogP contribution is -2.16. The van der Waals surface area contributed by atoms with Crippen LogP contribution in [0.4, 0.5) is 11.6 Å². The average molecular weight is 511 g/mol. The Morgan fingerprint density at radius 1 is 1.19 bits per heavy atom. The fourth-order valence-corrected chi connectivity index (χ4v) is 4.12. The number of carbonyl (C=O) groups is 1. The summed E-state index contributed by atoms with van der Waals surface area (Å²) in [5.74, 6) is -0.112. The molecule has 0 atom stereocenters. The Morgan fingerprint density at radius 2 is 1.97 bits per heavy atom. The van der Waals surface area contributed by atoms with Crippen molar-refractivity contribution in [1.29, 1.82) is 0 Å². The molecule has 3 aromatic rings. The minimum absolute atomic E-state index is 0.0319. The number of fused-ring (bicyclic) bond motifs is 1. The third-order valence-corrected chi connectivity index (χ3v) is 7.17. The largest absolute Gasteiger partial charge is 0.464 e. The van der Waals surface area contributed by atoms with Gasteiger partial charge in [-0.25, -0.2) is 28.2 Å². The second-order valence-electron chi connectivity index (χ2n) is 8.24. The third kappa shape index (κ3) is 4.82. The van der Waals surface area contributed by atoms with E-state index in [1.54, 1.807) is 57.8 Å². The lowest BCUT2D eigenvalue weighted by molar-refractivity contribution is 0.0595. The summed E-state index contributed by atoms with van der Waals surface area (Å²) in [6, 6.07) is 0. The fourth-order valence-electron chi connectivity index (χ4n) is 3.44. The summed E-state index contributed by atoms with van der Waals surface area (Å²) in [6.07, 6.45) is 10.3. The molecule has 0 bridgehead atoms. The normalized spacial score (nSPS) is 14.8. The van der Waals surface area contributed by atoms with Gasteiger partial charge in [0.15, 0.2) is 17.3 Å². The molecule has 12 nitrogen and oxygen atoms in total. The molecule has 3 aromatic heterocycles. The first-order valence-electron chi connectivity index (χ1n) is 11.1. The van der Waals surface area contributed by atoms with Crippen LogP contribution in [-0.2, 0) is 21.8 Å². The highest BCUT2D eigenvalue weighted by atomic mass is 32.2. The van der Waals surface area contributed by atoms with Gasteiger partial charge in [0, 0.05) is 32.4 Å². The Balaban J connectivity index is 1.73. The average Bonchev–Trinajstić information content (AvgIpc) is 3.25. The van der Waals surface area contributed by atoms with Gasteiger partial charge in [0.05, 0.1) is 41.7 Å². The van der Waals surface area contributed by atoms with E-state index in [2.05, 4.69) is 35.0 Å². The number of pyridine rings is 1. The lowest BCUT2D eigenvalue weighted by Gasteiger charge is -2.16. The summed E-state index contributed by atoms with van der Waals surface area (Å²) >= 11 is 0. The van der Waals surface area contributed by atoms with E-state index in [0.717, 1.165) is 5.52 Å². The molecule has 0 radical (unpaired) electrons. The minimum Gasteiger partial charge on any atom is -0.464 e. The Hall–Kier alpha value is -4.13. The Kier molecular flexibility index (Phi) is 6.84. The summed E-state index contributed by atoms with van der Waals surface area (Å²) in [4.78, 5) is 30.6. The molecule has 1 aliphatic carbocycles. The maximum atomic E-state index is 12.7. The van der Waals surface area contributed by atoms with Crippen molar-refractivity contribution in [2.24, 2.45) is 11.4 Å². The zero-order valence-electron chi connectivity index (χ0n) is 20.5. The number of esters is 1. The van der Waals surface area contributed by atoms with Gasteiger partial charge in [0.1, 0.15) is 11.2 Å². The van der Waals surface area contributed by atoms with Crippen molar-refractivity contribution in [2.75, 3.05) is 24.8 Å². The van der Waals surface area contributed by atoms with E-state index in [9.17, 15) is 13.2 Å². The standard InChI is InChI=1S/C23H26N8O4S/c1-13(2)36(33,34)30-15-8-6-14(7-9-15)27-22-20(23(32)35-5)28-19(21(24-3)29-22)16-10-25-11-17-18(16)26-12-31(17)4/h6-8,10-13H,9H2,1-5H3,(H2,24,27,29). The molecule has 3 heterocycles. The Bertz CT molecular complexity index is 1540. The predicted molar refractivity (Wildman–Crippen MR) is 137 cm³/mol. The summed E-state index contributed by atoms with van der Waals surface area (Å²) in [7, 11) is 1.25. The van der Waals surface area contributed by atoms with E-state index >= 15 is 0 Å². The van der Waals surface area contributed by atoms with Crippen LogP contribution in [0.2, 0.25) is 0 Å². The molecule has 0 amide bonds. The van der Waals surface area contributed by atoms with Crippen LogP contribution in [0.3, 0.4) is 0 Å². The quantitative estimate of drug-likeness (QED) is 0.454. The molecule has 0 saturated heterocycles. The third-order valence-electron chi connectivity index (χ3n) is 5.49. The van der Waals surface area contributed by atoms with Crippen LogP contribution in [0.25, 0.3) is 22.3 Å². The van der Waals surface area contributed by atoms with Crippen LogP contribution >= 0.6 is 0 Å². The van der Waals surface area contributed by atoms with Crippen LogP contribution in [-0.4, -0.2) is 64.0 Å². The number of imidazole rings is 1. The minimum atomic E-state index is -3.57. The molecule has 188 valence electrons. The van der Waals surface area contributed by atoms with Crippen LogP contribution < -0.4 is 10.6 Å². The van der Waals surface area contributed by atoms with Crippen molar-refractivity contribution in [3.05, 3.63) is 48.3 Å². The van der Waals surface area contributed by atoms with E-state index in [1.165, 1.54) is 7.11 Å². The number of hydrogen-bond acceptors (Lipinski definition) is 10. The van der Waals surface area contributed by atoms with E-state index in [4.69, 9.17) is 4.74 Å². The molecule has 36 heavy (non-hydrogen) atoms. The number of methoxy groups -OCH3 is 1. The Labute approximate surface area is 208 Å². The summed E-state index contributed by atoms with van der Waals surface area (Å²) in [5.41, 5.74) is 3.43. The number of aryl methyl sites for hydroxylation is 1. The number of hydrogen-bond donors (Lipinski definition) is 2. The lowest BCUT2D eigenvalue weighted by atomic mass is 10.1. The Morgan fingerprint density at radius 3 is 2.61 bits per heavy atom. The monoisotopic (exact) mass is 510 g/mol. The van der Waals surface area contributed by atoms with Crippen molar-refractivity contribution in [2.45, 2.75) is 25.5 Å². The number of rotatable bonds is 7. The predicted octanol–water partition coefficient (Wildman–Crippen LogP) is 2.69. The van der Waals surface area contributed by atoms with Gasteiger partial charge in [0.25, 0.3) is 10.0 Å². The highest BCUT2D eigenvalue weighted by molar-refractivity contribution is 7.90. The molecule has 13 heteroatoms. The molecule has 0 unspecified atom stereocenters. The van der Waals surface area contributed by atoms with E-state index in [0.29, 0.717) is 34.0 Å². The number of allylic oxidation sites excluding steroid dienone is 3. The number of nitrogens with zero attached hydrogens (tertiary/aromatic N) is 6. The summed E-state index contributed by atoms with van der Waals surface area (Å²) < 4.78 is 34.8. The molecule has 0 saturated carbocycles. The zero-order chi connectivity index (χ0) is 26.0. The molecule has 0 aromatic carbocycles. The second-order valence-corrected chi connectivity index (χ2v) is 10.4. The van der Waals surface area contributed by atoms with Crippen LogP contribution in [0, 0.1) is 0 Å². The van der Waals surface area contributed by atoms with Crippen molar-refractivity contribution in [3.63, 3.8) is 0 Å². The van der Waals surface area contributed by atoms with Gasteiger partial charge in [-0.1, -0.05) is 6.08 Å². The highest BCUT2D eigenvalue weighted by Gasteiger charge is 2.23. The van der Waals surface area contributed by atoms with Crippen molar-refractivity contribution < 1.29 is 17.9 Å². The molecule has 0 aliphatic heterocycles. The van der Waals surface area contributed by atoms with Crippen molar-refractivity contribution >= 4 is 44.4 Å². The zero-order valence-corrected chi connectivity index (χ0v) is 21.3. The number of anilines is 2. The molecular formula is C23H26N8O4S. The maximum Gasteiger partial charge on any atom is 0.360 e. The van der Waals surface area contributed by atoms with Gasteiger partial charge in [-0.2, -0.15) is 4.40 Å². The fraction of sp³-hybridized carbons (Fsp3) is 0.304. The number of sulfonamides is 1. The van der Waals surface area contributed by atoms with Gasteiger partial charge in [0.2, 0.25) is 0 Å². The van der Waals surface area contributed by atoms with Gasteiger partial charge in [-0.3, -0.25) is 4.98 Å². The number of ether oxygens (including phenoxy) is 1. The van der Waals surface area contributed by atoms with E-state index in [-0.39, 0.29) is 17.9 Å². The SMILES string of the molecule is CNc1nc(NC2=CCC(=NS(=O)(=O)C(C)C)C=C2)c(C(=O)OC)nc1-c1cncc2c1ncn2C. The first-order valence-corrected chi connectivity index (χ1v) is 12.6. The summed E-state index contributed by atoms with van der Waals surface area (Å²) in [5, 5.41) is 5.50. The number of nitrogens with one attached hydrogen (secondary N) is 2.